The van der Waals surface area contributed by atoms with Crippen molar-refractivity contribution in [2.24, 2.45) is 11.7 Å². The quantitative estimate of drug-likeness (QED) is 0.825. The normalized spacial score (nSPS) is 27.2. The SMILES string of the molecule is Cc1nccn1CCN1CCC(N)C(C)C1. The average Bonchev–Trinajstić information content (AvgIpc) is 2.66. The van der Waals surface area contributed by atoms with Gasteiger partial charge >= 0.3 is 0 Å². The van der Waals surface area contributed by atoms with E-state index in [2.05, 4.69) is 34.5 Å². The molecule has 1 aromatic rings. The van der Waals surface area contributed by atoms with Gasteiger partial charge in [-0.25, -0.2) is 4.98 Å². The van der Waals surface area contributed by atoms with Gasteiger partial charge in [0.2, 0.25) is 0 Å². The molecule has 1 aliphatic rings. The Balaban J connectivity index is 1.81. The maximum absolute atomic E-state index is 6.01. The van der Waals surface area contributed by atoms with E-state index in [1.165, 1.54) is 0 Å². The zero-order chi connectivity index (χ0) is 11.5. The second-order valence-electron chi connectivity index (χ2n) is 4.90. The van der Waals surface area contributed by atoms with E-state index in [9.17, 15) is 0 Å². The van der Waals surface area contributed by atoms with Gasteiger partial charge in [-0.15, -0.1) is 0 Å². The first-order valence-corrected chi connectivity index (χ1v) is 6.12. The first-order valence-electron chi connectivity index (χ1n) is 6.12. The molecule has 0 amide bonds. The molecule has 1 fully saturated rings. The van der Waals surface area contributed by atoms with Gasteiger partial charge in [0.1, 0.15) is 5.82 Å². The van der Waals surface area contributed by atoms with Crippen molar-refractivity contribution in [1.29, 1.82) is 0 Å². The van der Waals surface area contributed by atoms with Gasteiger partial charge in [-0.3, -0.25) is 0 Å². The summed E-state index contributed by atoms with van der Waals surface area (Å²) in [5, 5.41) is 0. The van der Waals surface area contributed by atoms with Crippen LogP contribution in [0, 0.1) is 12.8 Å². The summed E-state index contributed by atoms with van der Waals surface area (Å²) in [6, 6.07) is 0.395. The number of nitrogens with zero attached hydrogens (tertiary/aromatic N) is 3. The Bertz CT molecular complexity index is 334. The van der Waals surface area contributed by atoms with Gasteiger partial charge < -0.3 is 15.2 Å². The van der Waals surface area contributed by atoms with Crippen LogP contribution in [0.5, 0.6) is 0 Å². The Morgan fingerprint density at radius 2 is 2.31 bits per heavy atom. The van der Waals surface area contributed by atoms with Crippen LogP contribution >= 0.6 is 0 Å². The number of nitrogens with two attached hydrogens (primary N) is 1. The summed E-state index contributed by atoms with van der Waals surface area (Å²) in [7, 11) is 0. The van der Waals surface area contributed by atoms with Crippen LogP contribution in [0.1, 0.15) is 19.2 Å². The third-order valence-electron chi connectivity index (χ3n) is 3.64. The van der Waals surface area contributed by atoms with Crippen molar-refractivity contribution in [3.8, 4) is 0 Å². The monoisotopic (exact) mass is 222 g/mol. The Morgan fingerprint density at radius 3 is 2.94 bits per heavy atom. The molecule has 1 saturated heterocycles. The lowest BCUT2D eigenvalue weighted by atomic mass is 9.95. The van der Waals surface area contributed by atoms with Crippen molar-refractivity contribution in [3.63, 3.8) is 0 Å². The minimum absolute atomic E-state index is 0.395. The molecule has 90 valence electrons. The predicted octanol–water partition coefficient (Wildman–Crippen LogP) is 0.861. The molecule has 2 N–H and O–H groups in total. The molecule has 0 bridgehead atoms. The highest BCUT2D eigenvalue weighted by Gasteiger charge is 2.22. The zero-order valence-electron chi connectivity index (χ0n) is 10.3. The largest absolute Gasteiger partial charge is 0.334 e. The fourth-order valence-electron chi connectivity index (χ4n) is 2.34. The van der Waals surface area contributed by atoms with Gasteiger partial charge in [0.25, 0.3) is 0 Å². The second-order valence-corrected chi connectivity index (χ2v) is 4.90. The van der Waals surface area contributed by atoms with Crippen LogP contribution in [0.3, 0.4) is 0 Å². The Kier molecular flexibility index (Phi) is 3.61. The lowest BCUT2D eigenvalue weighted by Gasteiger charge is -2.35. The molecule has 0 spiro atoms. The summed E-state index contributed by atoms with van der Waals surface area (Å²) in [5.74, 6) is 1.72. The fraction of sp³-hybridized carbons (Fsp3) is 0.750. The number of aryl methyl sites for hydroxylation is 1. The van der Waals surface area contributed by atoms with Crippen LogP contribution in [0.25, 0.3) is 0 Å². The maximum atomic E-state index is 6.01. The van der Waals surface area contributed by atoms with Crippen LogP contribution < -0.4 is 5.73 Å². The molecule has 0 aromatic carbocycles. The Hall–Kier alpha value is -0.870. The molecular weight excluding hydrogens is 200 g/mol. The van der Waals surface area contributed by atoms with Crippen molar-refractivity contribution in [2.75, 3.05) is 19.6 Å². The molecule has 2 unspecified atom stereocenters. The third-order valence-corrected chi connectivity index (χ3v) is 3.64. The molecule has 4 heteroatoms. The highest BCUT2D eigenvalue weighted by atomic mass is 15.2. The van der Waals surface area contributed by atoms with E-state index in [4.69, 9.17) is 5.73 Å². The van der Waals surface area contributed by atoms with E-state index in [-0.39, 0.29) is 0 Å². The lowest BCUT2D eigenvalue weighted by molar-refractivity contribution is 0.159. The lowest BCUT2D eigenvalue weighted by Crippen LogP contribution is -2.46. The molecule has 2 heterocycles. The topological polar surface area (TPSA) is 47.1 Å². The standard InChI is InChI=1S/C12H22N4/c1-10-9-15(5-3-12(10)13)7-8-16-6-4-14-11(16)2/h4,6,10,12H,3,5,7-9,13H2,1-2H3. The third kappa shape index (κ3) is 2.62. The van der Waals surface area contributed by atoms with Crippen LogP contribution in [0.15, 0.2) is 12.4 Å². The number of rotatable bonds is 3. The second kappa shape index (κ2) is 4.97. The number of likely N-dealkylation sites (tertiary alicyclic amines) is 1. The zero-order valence-corrected chi connectivity index (χ0v) is 10.3. The molecule has 16 heavy (non-hydrogen) atoms. The van der Waals surface area contributed by atoms with Gasteiger partial charge in [0.15, 0.2) is 0 Å². The van der Waals surface area contributed by atoms with Crippen molar-refractivity contribution in [3.05, 3.63) is 18.2 Å². The van der Waals surface area contributed by atoms with Crippen LogP contribution in [-0.4, -0.2) is 40.1 Å². The van der Waals surface area contributed by atoms with E-state index in [1.54, 1.807) is 0 Å². The minimum atomic E-state index is 0.395. The molecule has 0 saturated carbocycles. The van der Waals surface area contributed by atoms with Crippen molar-refractivity contribution in [2.45, 2.75) is 32.9 Å². The molecule has 0 aliphatic carbocycles. The smallest absolute Gasteiger partial charge is 0.105 e. The van der Waals surface area contributed by atoms with E-state index in [1.807, 2.05) is 6.20 Å². The van der Waals surface area contributed by atoms with E-state index in [0.29, 0.717) is 12.0 Å². The molecule has 1 aromatic heterocycles. The number of piperidine rings is 1. The summed E-state index contributed by atoms with van der Waals surface area (Å²) in [5.41, 5.74) is 6.01. The highest BCUT2D eigenvalue weighted by molar-refractivity contribution is 4.89. The van der Waals surface area contributed by atoms with Gasteiger partial charge in [-0.2, -0.15) is 0 Å². The maximum Gasteiger partial charge on any atom is 0.105 e. The van der Waals surface area contributed by atoms with Crippen molar-refractivity contribution in [1.82, 2.24) is 14.5 Å². The van der Waals surface area contributed by atoms with Gasteiger partial charge in [-0.1, -0.05) is 6.92 Å². The summed E-state index contributed by atoms with van der Waals surface area (Å²) >= 11 is 0. The highest BCUT2D eigenvalue weighted by Crippen LogP contribution is 2.14. The van der Waals surface area contributed by atoms with Crippen molar-refractivity contribution >= 4 is 0 Å². The van der Waals surface area contributed by atoms with Gasteiger partial charge in [0.05, 0.1) is 0 Å². The minimum Gasteiger partial charge on any atom is -0.334 e. The van der Waals surface area contributed by atoms with Crippen molar-refractivity contribution < 1.29 is 0 Å². The number of hydrogen-bond donors (Lipinski definition) is 1. The first-order chi connectivity index (χ1) is 7.66. The number of aromatic nitrogens is 2. The number of imidazole rings is 1. The molecule has 2 rings (SSSR count). The van der Waals surface area contributed by atoms with Gasteiger partial charge in [-0.05, 0) is 25.8 Å². The summed E-state index contributed by atoms with van der Waals surface area (Å²) in [6.07, 6.45) is 5.04. The van der Waals surface area contributed by atoms with Crippen LogP contribution in [0.4, 0.5) is 0 Å². The summed E-state index contributed by atoms with van der Waals surface area (Å²) in [4.78, 5) is 6.74. The Morgan fingerprint density at radius 1 is 1.50 bits per heavy atom. The van der Waals surface area contributed by atoms with Crippen LogP contribution in [-0.2, 0) is 6.54 Å². The van der Waals surface area contributed by atoms with Gasteiger partial charge in [0, 0.05) is 38.1 Å². The summed E-state index contributed by atoms with van der Waals surface area (Å²) in [6.45, 7) is 8.71. The molecule has 0 radical (unpaired) electrons. The van der Waals surface area contributed by atoms with E-state index in [0.717, 1.165) is 38.4 Å². The predicted molar refractivity (Wildman–Crippen MR) is 65.2 cm³/mol. The molecule has 1 aliphatic heterocycles. The molecule has 2 atom stereocenters. The Labute approximate surface area is 97.4 Å². The summed E-state index contributed by atoms with van der Waals surface area (Å²) < 4.78 is 2.21. The first kappa shape index (κ1) is 11.6. The van der Waals surface area contributed by atoms with E-state index >= 15 is 0 Å². The fourth-order valence-corrected chi connectivity index (χ4v) is 2.34. The molecular formula is C12H22N4. The van der Waals surface area contributed by atoms with Crippen LogP contribution in [0.2, 0.25) is 0 Å². The average molecular weight is 222 g/mol. The van der Waals surface area contributed by atoms with E-state index < -0.39 is 0 Å². The number of hydrogen-bond acceptors (Lipinski definition) is 3. The molecule has 4 nitrogen and oxygen atoms in total.